The Morgan fingerprint density at radius 3 is 2.48 bits per heavy atom. The first kappa shape index (κ1) is 19.2. The molecule has 0 aliphatic heterocycles. The quantitative estimate of drug-likeness (QED) is 0.542. The van der Waals surface area contributed by atoms with Crippen molar-refractivity contribution in [1.29, 1.82) is 0 Å². The lowest BCUT2D eigenvalue weighted by Crippen LogP contribution is -2.32. The fraction of sp³-hybridized carbons (Fsp3) is 0.261. The molecule has 0 radical (unpaired) electrons. The maximum Gasteiger partial charge on any atom is 0.258 e. The van der Waals surface area contributed by atoms with Crippen LogP contribution in [0.4, 0.5) is 0 Å². The highest BCUT2D eigenvalue weighted by atomic mass is 32.1. The molecule has 1 atom stereocenters. The highest BCUT2D eigenvalue weighted by Gasteiger charge is 2.18. The van der Waals surface area contributed by atoms with Crippen LogP contribution in [0.15, 0.2) is 72.1 Å². The summed E-state index contributed by atoms with van der Waals surface area (Å²) in [6, 6.07) is 21.9. The van der Waals surface area contributed by atoms with Gasteiger partial charge in [0.25, 0.3) is 5.91 Å². The Hall–Kier alpha value is -2.59. The van der Waals surface area contributed by atoms with Crippen molar-refractivity contribution in [2.45, 2.75) is 32.2 Å². The minimum absolute atomic E-state index is 0.000468. The topological polar surface area (TPSA) is 38.3 Å². The second-order valence-corrected chi connectivity index (χ2v) is 7.44. The zero-order chi connectivity index (χ0) is 18.9. The van der Waals surface area contributed by atoms with Crippen LogP contribution in [-0.2, 0) is 11.2 Å². The van der Waals surface area contributed by atoms with Crippen LogP contribution in [0, 0.1) is 0 Å². The van der Waals surface area contributed by atoms with E-state index in [1.54, 1.807) is 11.3 Å². The number of thiophene rings is 1. The van der Waals surface area contributed by atoms with Crippen LogP contribution in [0.2, 0.25) is 0 Å². The van der Waals surface area contributed by atoms with E-state index in [1.165, 1.54) is 18.4 Å². The van der Waals surface area contributed by atoms with Crippen molar-refractivity contribution in [2.75, 3.05) is 6.61 Å². The third-order valence-electron chi connectivity index (χ3n) is 4.38. The maximum atomic E-state index is 12.5. The third-order valence-corrected chi connectivity index (χ3v) is 5.32. The van der Waals surface area contributed by atoms with E-state index in [-0.39, 0.29) is 18.6 Å². The van der Waals surface area contributed by atoms with Gasteiger partial charge in [-0.2, -0.15) is 0 Å². The number of carbonyl (C=O) groups excluding carboxylic acids is 1. The van der Waals surface area contributed by atoms with Crippen molar-refractivity contribution >= 4 is 17.2 Å². The first-order valence-electron chi connectivity index (χ1n) is 9.35. The average Bonchev–Trinajstić information content (AvgIpc) is 3.25. The molecule has 3 nitrogen and oxygen atoms in total. The predicted octanol–water partition coefficient (Wildman–Crippen LogP) is 5.38. The van der Waals surface area contributed by atoms with Gasteiger partial charge in [-0.05, 0) is 47.5 Å². The number of unbranched alkanes of at least 4 members (excludes halogenated alkanes) is 1. The highest BCUT2D eigenvalue weighted by Crippen LogP contribution is 2.26. The summed E-state index contributed by atoms with van der Waals surface area (Å²) in [6.07, 6.45) is 3.48. The summed E-state index contributed by atoms with van der Waals surface area (Å²) in [7, 11) is 0. The molecule has 0 aliphatic carbocycles. The van der Waals surface area contributed by atoms with Crippen LogP contribution in [0.1, 0.15) is 41.8 Å². The average molecular weight is 380 g/mol. The number of hydrogen-bond donors (Lipinski definition) is 1. The Kier molecular flexibility index (Phi) is 7.05. The monoisotopic (exact) mass is 379 g/mol. The Labute approximate surface area is 165 Å². The Bertz CT molecular complexity index is 813. The van der Waals surface area contributed by atoms with Gasteiger partial charge in [-0.3, -0.25) is 4.79 Å². The summed E-state index contributed by atoms with van der Waals surface area (Å²) in [5, 5.41) is 5.15. The summed E-state index contributed by atoms with van der Waals surface area (Å²) in [4.78, 5) is 13.6. The Morgan fingerprint density at radius 2 is 1.81 bits per heavy atom. The van der Waals surface area contributed by atoms with E-state index in [0.29, 0.717) is 5.75 Å². The van der Waals surface area contributed by atoms with E-state index < -0.39 is 0 Å². The number of ether oxygens (including phenoxy) is 1. The standard InChI is InChI=1S/C23H25NO2S/c1-2-3-8-18-12-14-19(15-13-18)23(21-11-7-16-27-21)24-22(25)17-26-20-9-5-4-6-10-20/h4-7,9-16,23H,2-3,8,17H2,1H3,(H,24,25). The van der Waals surface area contributed by atoms with Gasteiger partial charge in [-0.15, -0.1) is 11.3 Å². The highest BCUT2D eigenvalue weighted by molar-refractivity contribution is 7.10. The van der Waals surface area contributed by atoms with Gasteiger partial charge in [0.05, 0.1) is 6.04 Å². The minimum atomic E-state index is -0.155. The molecule has 27 heavy (non-hydrogen) atoms. The van der Waals surface area contributed by atoms with Crippen LogP contribution in [0.5, 0.6) is 5.75 Å². The molecular weight excluding hydrogens is 354 g/mol. The number of rotatable bonds is 9. The van der Waals surface area contributed by atoms with Crippen molar-refractivity contribution in [1.82, 2.24) is 5.32 Å². The fourth-order valence-corrected chi connectivity index (χ4v) is 3.70. The molecule has 1 N–H and O–H groups in total. The normalized spacial score (nSPS) is 11.7. The molecule has 1 heterocycles. The first-order valence-corrected chi connectivity index (χ1v) is 10.2. The van der Waals surface area contributed by atoms with E-state index in [2.05, 4.69) is 42.6 Å². The number of amides is 1. The lowest BCUT2D eigenvalue weighted by molar-refractivity contribution is -0.123. The first-order chi connectivity index (χ1) is 13.3. The largest absolute Gasteiger partial charge is 0.484 e. The molecule has 0 spiro atoms. The van der Waals surface area contributed by atoms with Gasteiger partial charge in [0, 0.05) is 4.88 Å². The zero-order valence-electron chi connectivity index (χ0n) is 15.6. The molecule has 1 aromatic heterocycles. The van der Waals surface area contributed by atoms with E-state index >= 15 is 0 Å². The van der Waals surface area contributed by atoms with Gasteiger partial charge in [0.1, 0.15) is 5.75 Å². The molecule has 0 saturated heterocycles. The van der Waals surface area contributed by atoms with Crippen LogP contribution >= 0.6 is 11.3 Å². The van der Waals surface area contributed by atoms with E-state index in [4.69, 9.17) is 4.74 Å². The molecule has 3 aromatic rings. The second kappa shape index (κ2) is 9.93. The smallest absolute Gasteiger partial charge is 0.258 e. The third kappa shape index (κ3) is 5.69. The molecule has 3 rings (SSSR count). The molecule has 0 bridgehead atoms. The number of benzene rings is 2. The van der Waals surface area contributed by atoms with Gasteiger partial charge < -0.3 is 10.1 Å². The Balaban J connectivity index is 1.67. The summed E-state index contributed by atoms with van der Waals surface area (Å²) >= 11 is 1.64. The Morgan fingerprint density at radius 1 is 1.04 bits per heavy atom. The van der Waals surface area contributed by atoms with Crippen molar-refractivity contribution in [3.8, 4) is 5.75 Å². The number of para-hydroxylation sites is 1. The molecule has 4 heteroatoms. The van der Waals surface area contributed by atoms with Crippen molar-refractivity contribution in [2.24, 2.45) is 0 Å². The lowest BCUT2D eigenvalue weighted by Gasteiger charge is -2.19. The molecule has 2 aromatic carbocycles. The summed E-state index contributed by atoms with van der Waals surface area (Å²) in [5.41, 5.74) is 2.43. The van der Waals surface area contributed by atoms with Crippen molar-refractivity contribution < 1.29 is 9.53 Å². The second-order valence-electron chi connectivity index (χ2n) is 6.46. The summed E-state index contributed by atoms with van der Waals surface area (Å²) in [6.45, 7) is 2.20. The van der Waals surface area contributed by atoms with Crippen LogP contribution in [0.25, 0.3) is 0 Å². The van der Waals surface area contributed by atoms with Gasteiger partial charge >= 0.3 is 0 Å². The molecule has 1 unspecified atom stereocenters. The molecule has 140 valence electrons. The molecule has 0 saturated carbocycles. The van der Waals surface area contributed by atoms with Crippen molar-refractivity contribution in [3.05, 3.63) is 88.1 Å². The number of nitrogens with one attached hydrogen (secondary N) is 1. The van der Waals surface area contributed by atoms with Crippen molar-refractivity contribution in [3.63, 3.8) is 0 Å². The number of carbonyl (C=O) groups is 1. The summed E-state index contributed by atoms with van der Waals surface area (Å²) < 4.78 is 5.58. The zero-order valence-corrected chi connectivity index (χ0v) is 16.4. The van der Waals surface area contributed by atoms with E-state index in [9.17, 15) is 4.79 Å². The maximum absolute atomic E-state index is 12.5. The van der Waals surface area contributed by atoms with Crippen LogP contribution < -0.4 is 10.1 Å². The summed E-state index contributed by atoms with van der Waals surface area (Å²) in [5.74, 6) is 0.563. The number of aryl methyl sites for hydroxylation is 1. The lowest BCUT2D eigenvalue weighted by atomic mass is 10.0. The van der Waals surface area contributed by atoms with Gasteiger partial charge in [-0.25, -0.2) is 0 Å². The predicted molar refractivity (Wildman–Crippen MR) is 111 cm³/mol. The van der Waals surface area contributed by atoms with E-state index in [1.807, 2.05) is 41.8 Å². The SMILES string of the molecule is CCCCc1ccc(C(NC(=O)COc2ccccc2)c2cccs2)cc1. The minimum Gasteiger partial charge on any atom is -0.484 e. The van der Waals surface area contributed by atoms with E-state index in [0.717, 1.165) is 16.9 Å². The fourth-order valence-electron chi connectivity index (χ4n) is 2.90. The van der Waals surface area contributed by atoms with Crippen LogP contribution in [0.3, 0.4) is 0 Å². The number of hydrogen-bond acceptors (Lipinski definition) is 3. The van der Waals surface area contributed by atoms with Gasteiger partial charge in [0.2, 0.25) is 0 Å². The van der Waals surface area contributed by atoms with Crippen LogP contribution in [-0.4, -0.2) is 12.5 Å². The molecule has 1 amide bonds. The van der Waals surface area contributed by atoms with Gasteiger partial charge in [-0.1, -0.05) is 61.9 Å². The van der Waals surface area contributed by atoms with Gasteiger partial charge in [0.15, 0.2) is 6.61 Å². The molecule has 0 aliphatic rings. The molecule has 0 fully saturated rings. The molecular formula is C23H25NO2S.